The zero-order chi connectivity index (χ0) is 14.6. The summed E-state index contributed by atoms with van der Waals surface area (Å²) in [5.41, 5.74) is 1.81. The maximum Gasteiger partial charge on any atom is 0.122 e. The van der Waals surface area contributed by atoms with E-state index >= 15 is 0 Å². The molecule has 20 heavy (non-hydrogen) atoms. The Labute approximate surface area is 132 Å². The van der Waals surface area contributed by atoms with Gasteiger partial charge in [0.05, 0.1) is 7.11 Å². The van der Waals surface area contributed by atoms with E-state index in [9.17, 15) is 0 Å². The van der Waals surface area contributed by atoms with Crippen LogP contribution in [0, 0.1) is 11.3 Å². The molecule has 0 radical (unpaired) electrons. The van der Waals surface area contributed by atoms with Crippen molar-refractivity contribution >= 4 is 15.9 Å². The maximum absolute atomic E-state index is 5.50. The number of rotatable bonds is 6. The molecule has 2 rings (SSSR count). The number of ether oxygens (including phenoxy) is 1. The number of halogens is 1. The van der Waals surface area contributed by atoms with Gasteiger partial charge in [-0.15, -0.1) is 0 Å². The lowest BCUT2D eigenvalue weighted by Crippen LogP contribution is -2.31. The molecule has 0 amide bonds. The molecule has 1 unspecified atom stereocenters. The minimum Gasteiger partial charge on any atom is -0.496 e. The molecule has 0 bridgehead atoms. The van der Waals surface area contributed by atoms with Gasteiger partial charge in [0.15, 0.2) is 0 Å². The lowest BCUT2D eigenvalue weighted by atomic mass is 9.74. The average Bonchev–Trinajstić information content (AvgIpc) is 2.88. The number of para-hydroxylation sites is 1. The van der Waals surface area contributed by atoms with E-state index < -0.39 is 0 Å². The van der Waals surface area contributed by atoms with Crippen LogP contribution in [0.2, 0.25) is 0 Å². The van der Waals surface area contributed by atoms with E-state index in [1.165, 1.54) is 37.7 Å². The molecule has 1 aliphatic carbocycles. The summed E-state index contributed by atoms with van der Waals surface area (Å²) >= 11 is 4.03. The van der Waals surface area contributed by atoms with Crippen LogP contribution in [0.15, 0.2) is 24.3 Å². The van der Waals surface area contributed by atoms with Crippen LogP contribution in [0.1, 0.15) is 51.5 Å². The Bertz CT molecular complexity index is 421. The number of hydrogen-bond acceptors (Lipinski definition) is 1. The van der Waals surface area contributed by atoms with Crippen LogP contribution < -0.4 is 4.74 Å². The Hall–Kier alpha value is -0.500. The number of hydrogen-bond donors (Lipinski definition) is 0. The smallest absolute Gasteiger partial charge is 0.122 e. The Morgan fingerprint density at radius 1 is 1.20 bits per heavy atom. The van der Waals surface area contributed by atoms with Crippen LogP contribution in [0.4, 0.5) is 0 Å². The quantitative estimate of drug-likeness (QED) is 0.612. The number of alkyl halides is 1. The molecular formula is C18H27BrO. The second-order valence-electron chi connectivity index (χ2n) is 6.65. The van der Waals surface area contributed by atoms with Gasteiger partial charge in [-0.3, -0.25) is 0 Å². The summed E-state index contributed by atoms with van der Waals surface area (Å²) in [5.74, 6) is 1.79. The summed E-state index contributed by atoms with van der Waals surface area (Å²) in [5, 5.41) is 0. The monoisotopic (exact) mass is 338 g/mol. The lowest BCUT2D eigenvalue weighted by molar-refractivity contribution is 0.227. The van der Waals surface area contributed by atoms with E-state index in [1.54, 1.807) is 7.11 Å². The summed E-state index contributed by atoms with van der Waals surface area (Å²) < 4.78 is 5.50. The minimum atomic E-state index is 0.481. The molecule has 2 heteroatoms. The highest BCUT2D eigenvalue weighted by Crippen LogP contribution is 2.49. The van der Waals surface area contributed by atoms with Gasteiger partial charge < -0.3 is 4.74 Å². The van der Waals surface area contributed by atoms with Crippen molar-refractivity contribution in [3.05, 3.63) is 29.8 Å². The molecule has 1 aromatic rings. The van der Waals surface area contributed by atoms with Gasteiger partial charge in [-0.05, 0) is 48.6 Å². The molecule has 0 aliphatic heterocycles. The number of benzene rings is 1. The fourth-order valence-corrected chi connectivity index (χ4v) is 4.81. The summed E-state index contributed by atoms with van der Waals surface area (Å²) in [6, 6.07) is 8.43. The first-order valence-corrected chi connectivity index (χ1v) is 8.75. The van der Waals surface area contributed by atoms with E-state index in [1.807, 2.05) is 6.07 Å². The standard InChI is InChI=1S/C18H27BrO/c1-14(2)13-18(10-6-7-11-18)17(19)12-15-8-4-5-9-16(15)20-3/h4-5,8-9,14,17H,6-7,10-13H2,1-3H3. The SMILES string of the molecule is COc1ccccc1CC(Br)C1(CC(C)C)CCCC1. The van der Waals surface area contributed by atoms with Crippen molar-refractivity contribution in [2.24, 2.45) is 11.3 Å². The summed E-state index contributed by atoms with van der Waals surface area (Å²) in [6.07, 6.45) is 7.92. The third kappa shape index (κ3) is 3.58. The lowest BCUT2D eigenvalue weighted by Gasteiger charge is -2.36. The first-order chi connectivity index (χ1) is 9.57. The molecule has 0 N–H and O–H groups in total. The van der Waals surface area contributed by atoms with Crippen LogP contribution in [0.25, 0.3) is 0 Å². The van der Waals surface area contributed by atoms with Crippen molar-refractivity contribution in [2.75, 3.05) is 7.11 Å². The molecule has 1 saturated carbocycles. The third-order valence-corrected chi connectivity index (χ3v) is 5.97. The van der Waals surface area contributed by atoms with Gasteiger partial charge in [-0.25, -0.2) is 0 Å². The predicted molar refractivity (Wildman–Crippen MR) is 89.8 cm³/mol. The molecular weight excluding hydrogens is 312 g/mol. The summed E-state index contributed by atoms with van der Waals surface area (Å²) in [4.78, 5) is 0.552. The van der Waals surface area contributed by atoms with Crippen LogP contribution >= 0.6 is 15.9 Å². The van der Waals surface area contributed by atoms with Gasteiger partial charge in [-0.1, -0.05) is 60.8 Å². The molecule has 0 aromatic heterocycles. The van der Waals surface area contributed by atoms with E-state index in [4.69, 9.17) is 4.74 Å². The van der Waals surface area contributed by atoms with Crippen LogP contribution in [-0.2, 0) is 6.42 Å². The summed E-state index contributed by atoms with van der Waals surface area (Å²) in [7, 11) is 1.77. The second kappa shape index (κ2) is 6.98. The molecule has 0 heterocycles. The van der Waals surface area contributed by atoms with Gasteiger partial charge in [0.2, 0.25) is 0 Å². The van der Waals surface area contributed by atoms with Crippen molar-refractivity contribution in [1.82, 2.24) is 0 Å². The molecule has 1 fully saturated rings. The van der Waals surface area contributed by atoms with Crippen molar-refractivity contribution in [3.63, 3.8) is 0 Å². The van der Waals surface area contributed by atoms with Gasteiger partial charge in [0.1, 0.15) is 5.75 Å². The van der Waals surface area contributed by atoms with Gasteiger partial charge in [-0.2, -0.15) is 0 Å². The van der Waals surface area contributed by atoms with Gasteiger partial charge in [0, 0.05) is 4.83 Å². The summed E-state index contributed by atoms with van der Waals surface area (Å²) in [6.45, 7) is 4.70. The van der Waals surface area contributed by atoms with E-state index in [-0.39, 0.29) is 0 Å². The largest absolute Gasteiger partial charge is 0.496 e. The first kappa shape index (κ1) is 15.9. The Kier molecular flexibility index (Phi) is 5.54. The Morgan fingerprint density at radius 2 is 1.85 bits per heavy atom. The molecule has 1 aliphatic rings. The molecule has 0 saturated heterocycles. The molecule has 1 aromatic carbocycles. The fraction of sp³-hybridized carbons (Fsp3) is 0.667. The van der Waals surface area contributed by atoms with Crippen molar-refractivity contribution in [2.45, 2.75) is 57.2 Å². The highest BCUT2D eigenvalue weighted by Gasteiger charge is 2.40. The third-order valence-electron chi connectivity index (χ3n) is 4.67. The highest BCUT2D eigenvalue weighted by atomic mass is 79.9. The van der Waals surface area contributed by atoms with Crippen molar-refractivity contribution in [1.29, 1.82) is 0 Å². The number of methoxy groups -OCH3 is 1. The Balaban J connectivity index is 2.14. The molecule has 1 atom stereocenters. The highest BCUT2D eigenvalue weighted by molar-refractivity contribution is 9.09. The van der Waals surface area contributed by atoms with E-state index in [0.717, 1.165) is 18.1 Å². The van der Waals surface area contributed by atoms with Crippen molar-refractivity contribution in [3.8, 4) is 5.75 Å². The average molecular weight is 339 g/mol. The van der Waals surface area contributed by atoms with Crippen molar-refractivity contribution < 1.29 is 4.74 Å². The minimum absolute atomic E-state index is 0.481. The second-order valence-corrected chi connectivity index (χ2v) is 7.76. The normalized spacial score (nSPS) is 19.2. The van der Waals surface area contributed by atoms with Gasteiger partial charge in [0.25, 0.3) is 0 Å². The van der Waals surface area contributed by atoms with Crippen LogP contribution in [0.5, 0.6) is 5.75 Å². The molecule has 1 nitrogen and oxygen atoms in total. The van der Waals surface area contributed by atoms with Crippen LogP contribution in [0.3, 0.4) is 0 Å². The maximum atomic E-state index is 5.50. The first-order valence-electron chi connectivity index (χ1n) is 7.83. The van der Waals surface area contributed by atoms with Crippen LogP contribution in [-0.4, -0.2) is 11.9 Å². The fourth-order valence-electron chi connectivity index (χ4n) is 3.82. The van der Waals surface area contributed by atoms with Gasteiger partial charge >= 0.3 is 0 Å². The molecule has 112 valence electrons. The van der Waals surface area contributed by atoms with E-state index in [2.05, 4.69) is 48.0 Å². The zero-order valence-electron chi connectivity index (χ0n) is 13.0. The van der Waals surface area contributed by atoms with E-state index in [0.29, 0.717) is 10.2 Å². The Morgan fingerprint density at radius 3 is 2.45 bits per heavy atom. The topological polar surface area (TPSA) is 9.23 Å². The predicted octanol–water partition coefficient (Wildman–Crippen LogP) is 5.61. The zero-order valence-corrected chi connectivity index (χ0v) is 14.6. The molecule has 0 spiro atoms.